The van der Waals surface area contributed by atoms with E-state index in [4.69, 9.17) is 0 Å². The summed E-state index contributed by atoms with van der Waals surface area (Å²) in [5.74, 6) is -0.181. The van der Waals surface area contributed by atoms with Crippen molar-refractivity contribution in [3.63, 3.8) is 0 Å². The van der Waals surface area contributed by atoms with Gasteiger partial charge in [-0.2, -0.15) is 5.10 Å². The fraction of sp³-hybridized carbons (Fsp3) is 0.364. The summed E-state index contributed by atoms with van der Waals surface area (Å²) in [5, 5.41) is 7.58. The van der Waals surface area contributed by atoms with Gasteiger partial charge < -0.3 is 0 Å². The Bertz CT molecular complexity index is 588. The third-order valence-corrected chi connectivity index (χ3v) is 4.68. The van der Waals surface area contributed by atoms with E-state index in [1.54, 1.807) is 29.6 Å². The number of carbonyl (C=O) groups excluding carboxylic acids is 1. The highest BCUT2D eigenvalue weighted by Crippen LogP contribution is 2.30. The molecular weight excluding hydrogens is 268 g/mol. The molecule has 0 atom stereocenters. The number of thioether (sulfide) groups is 1. The van der Waals surface area contributed by atoms with E-state index in [9.17, 15) is 4.79 Å². The zero-order valence-corrected chi connectivity index (χ0v) is 12.3. The Kier molecular flexibility index (Phi) is 3.72. The van der Waals surface area contributed by atoms with Crippen LogP contribution in [0.4, 0.5) is 5.13 Å². The summed E-state index contributed by atoms with van der Waals surface area (Å²) >= 11 is 3.12. The lowest BCUT2D eigenvalue weighted by atomic mass is 10.3. The predicted octanol–water partition coefficient (Wildman–Crippen LogP) is 2.47. The Balaban J connectivity index is 2.18. The third kappa shape index (κ3) is 2.56. The predicted molar refractivity (Wildman–Crippen MR) is 74.5 cm³/mol. The van der Waals surface area contributed by atoms with Gasteiger partial charge in [-0.15, -0.1) is 11.8 Å². The van der Waals surface area contributed by atoms with Gasteiger partial charge in [0.2, 0.25) is 0 Å². The highest BCUT2D eigenvalue weighted by Gasteiger charge is 2.14. The van der Waals surface area contributed by atoms with E-state index < -0.39 is 0 Å². The molecule has 2 aromatic heterocycles. The number of hydrogen-bond acceptors (Lipinski definition) is 5. The summed E-state index contributed by atoms with van der Waals surface area (Å²) in [7, 11) is 1.75. The molecule has 5 nitrogen and oxygen atoms in total. The van der Waals surface area contributed by atoms with Gasteiger partial charge in [-0.1, -0.05) is 11.3 Å². The highest BCUT2D eigenvalue weighted by atomic mass is 32.2. The molecule has 18 heavy (non-hydrogen) atoms. The van der Waals surface area contributed by atoms with Crippen LogP contribution in [0.5, 0.6) is 0 Å². The van der Waals surface area contributed by atoms with Crippen LogP contribution in [-0.4, -0.2) is 26.9 Å². The standard InChI is InChI=1S/C11H14N4OS2/c1-6-5-8(15(3)14-6)9(16)13-11-12-7(2)10(17-4)18-11/h5H,1-4H3,(H,12,13,16). The number of rotatable bonds is 3. The first-order valence-electron chi connectivity index (χ1n) is 5.34. The summed E-state index contributed by atoms with van der Waals surface area (Å²) in [4.78, 5) is 16.4. The number of anilines is 1. The zero-order chi connectivity index (χ0) is 13.3. The fourth-order valence-corrected chi connectivity index (χ4v) is 3.22. The Labute approximate surface area is 114 Å². The van der Waals surface area contributed by atoms with Gasteiger partial charge in [0.15, 0.2) is 5.13 Å². The smallest absolute Gasteiger partial charge is 0.275 e. The molecule has 96 valence electrons. The average molecular weight is 282 g/mol. The van der Waals surface area contributed by atoms with Crippen LogP contribution in [0.15, 0.2) is 10.3 Å². The van der Waals surface area contributed by atoms with Crippen LogP contribution < -0.4 is 5.32 Å². The molecule has 2 rings (SSSR count). The molecule has 0 fully saturated rings. The van der Waals surface area contributed by atoms with Crippen molar-refractivity contribution in [2.75, 3.05) is 11.6 Å². The number of aryl methyl sites for hydroxylation is 3. The number of thiazole rings is 1. The highest BCUT2D eigenvalue weighted by molar-refractivity contribution is 8.00. The second-order valence-corrected chi connectivity index (χ2v) is 5.92. The quantitative estimate of drug-likeness (QED) is 0.879. The van der Waals surface area contributed by atoms with Gasteiger partial charge in [-0.25, -0.2) is 4.98 Å². The number of hydrogen-bond donors (Lipinski definition) is 1. The molecule has 0 spiro atoms. The van der Waals surface area contributed by atoms with Crippen molar-refractivity contribution >= 4 is 34.1 Å². The van der Waals surface area contributed by atoms with E-state index in [-0.39, 0.29) is 5.91 Å². The molecule has 1 amide bonds. The maximum atomic E-state index is 12.0. The second kappa shape index (κ2) is 5.11. The van der Waals surface area contributed by atoms with E-state index >= 15 is 0 Å². The average Bonchev–Trinajstić information content (AvgIpc) is 2.81. The lowest BCUT2D eigenvalue weighted by Gasteiger charge is -2.00. The van der Waals surface area contributed by atoms with Crippen molar-refractivity contribution in [1.29, 1.82) is 0 Å². The second-order valence-electron chi connectivity index (χ2n) is 3.84. The molecule has 1 N–H and O–H groups in total. The van der Waals surface area contributed by atoms with E-state index in [0.29, 0.717) is 10.8 Å². The van der Waals surface area contributed by atoms with Crippen molar-refractivity contribution in [2.24, 2.45) is 7.05 Å². The minimum Gasteiger partial charge on any atom is -0.296 e. The molecule has 0 aromatic carbocycles. The van der Waals surface area contributed by atoms with E-state index in [1.807, 2.05) is 20.1 Å². The molecule has 0 bridgehead atoms. The van der Waals surface area contributed by atoms with Gasteiger partial charge in [-0.05, 0) is 26.2 Å². The van der Waals surface area contributed by atoms with E-state index in [0.717, 1.165) is 15.6 Å². The number of aromatic nitrogens is 3. The molecular formula is C11H14N4OS2. The maximum absolute atomic E-state index is 12.0. The van der Waals surface area contributed by atoms with Crippen LogP contribution in [0, 0.1) is 13.8 Å². The Hall–Kier alpha value is -1.34. The van der Waals surface area contributed by atoms with Crippen LogP contribution >= 0.6 is 23.1 Å². The molecule has 7 heteroatoms. The molecule has 0 radical (unpaired) electrons. The van der Waals surface area contributed by atoms with Crippen molar-refractivity contribution in [2.45, 2.75) is 18.1 Å². The fourth-order valence-electron chi connectivity index (χ4n) is 1.61. The van der Waals surface area contributed by atoms with Crippen LogP contribution in [0.2, 0.25) is 0 Å². The minimum atomic E-state index is -0.181. The number of nitrogens with one attached hydrogen (secondary N) is 1. The monoisotopic (exact) mass is 282 g/mol. The van der Waals surface area contributed by atoms with Gasteiger partial charge >= 0.3 is 0 Å². The molecule has 0 aliphatic carbocycles. The van der Waals surface area contributed by atoms with Gasteiger partial charge in [0.25, 0.3) is 5.91 Å². The lowest BCUT2D eigenvalue weighted by Crippen LogP contribution is -2.15. The van der Waals surface area contributed by atoms with Gasteiger partial charge in [0.1, 0.15) is 5.69 Å². The molecule has 0 saturated heterocycles. The van der Waals surface area contributed by atoms with Gasteiger partial charge in [0.05, 0.1) is 15.6 Å². The molecule has 2 heterocycles. The van der Waals surface area contributed by atoms with Crippen LogP contribution in [0.3, 0.4) is 0 Å². The first-order chi connectivity index (χ1) is 8.51. The first-order valence-corrected chi connectivity index (χ1v) is 7.38. The van der Waals surface area contributed by atoms with Crippen molar-refractivity contribution < 1.29 is 4.79 Å². The summed E-state index contributed by atoms with van der Waals surface area (Å²) < 4.78 is 2.69. The molecule has 0 saturated carbocycles. The summed E-state index contributed by atoms with van der Waals surface area (Å²) in [6.45, 7) is 3.79. The molecule has 0 unspecified atom stereocenters. The molecule has 2 aromatic rings. The topological polar surface area (TPSA) is 59.8 Å². The molecule has 0 aliphatic heterocycles. The van der Waals surface area contributed by atoms with Gasteiger partial charge in [-0.3, -0.25) is 14.8 Å². The summed E-state index contributed by atoms with van der Waals surface area (Å²) in [5.41, 5.74) is 2.30. The summed E-state index contributed by atoms with van der Waals surface area (Å²) in [6, 6.07) is 1.76. The Morgan fingerprint density at radius 2 is 2.22 bits per heavy atom. The number of nitrogens with zero attached hydrogens (tertiary/aromatic N) is 3. The van der Waals surface area contributed by atoms with Gasteiger partial charge in [0, 0.05) is 7.05 Å². The number of amides is 1. The first kappa shape index (κ1) is 13.1. The number of carbonyl (C=O) groups is 1. The lowest BCUT2D eigenvalue weighted by molar-refractivity contribution is 0.101. The zero-order valence-electron chi connectivity index (χ0n) is 10.6. The Morgan fingerprint density at radius 1 is 1.50 bits per heavy atom. The maximum Gasteiger partial charge on any atom is 0.275 e. The van der Waals surface area contributed by atoms with Crippen LogP contribution in [0.25, 0.3) is 0 Å². The third-order valence-electron chi connectivity index (χ3n) is 2.39. The van der Waals surface area contributed by atoms with E-state index in [1.165, 1.54) is 11.3 Å². The Morgan fingerprint density at radius 3 is 2.72 bits per heavy atom. The van der Waals surface area contributed by atoms with Crippen molar-refractivity contribution in [3.05, 3.63) is 23.1 Å². The minimum absolute atomic E-state index is 0.181. The van der Waals surface area contributed by atoms with Crippen LogP contribution in [0.1, 0.15) is 21.9 Å². The van der Waals surface area contributed by atoms with Crippen molar-refractivity contribution in [3.8, 4) is 0 Å². The normalized spacial score (nSPS) is 10.7. The largest absolute Gasteiger partial charge is 0.296 e. The summed E-state index contributed by atoms with van der Waals surface area (Å²) in [6.07, 6.45) is 2.00. The van der Waals surface area contributed by atoms with Crippen molar-refractivity contribution in [1.82, 2.24) is 14.8 Å². The molecule has 0 aliphatic rings. The van der Waals surface area contributed by atoms with E-state index in [2.05, 4.69) is 15.4 Å². The SMILES string of the molecule is CSc1sc(NC(=O)c2cc(C)nn2C)nc1C. The van der Waals surface area contributed by atoms with Crippen LogP contribution in [-0.2, 0) is 7.05 Å².